The number of carbonyl (C=O) groups excluding carboxylic acids is 2. The van der Waals surface area contributed by atoms with E-state index in [-0.39, 0.29) is 5.78 Å². The van der Waals surface area contributed by atoms with Crippen molar-refractivity contribution in [1.82, 2.24) is 4.98 Å². The summed E-state index contributed by atoms with van der Waals surface area (Å²) in [4.78, 5) is 27.6. The number of methoxy groups -OCH3 is 1. The standard InChI is InChI=1S/C11H10BrNO3/c1-5-7(12)4-13-8-3-6(11(15)16-2)10(14)9(5)8/h4,6H,3H2,1-2H3. The molecule has 4 nitrogen and oxygen atoms in total. The summed E-state index contributed by atoms with van der Waals surface area (Å²) in [5.41, 5.74) is 2.08. The van der Waals surface area contributed by atoms with Crippen LogP contribution in [0.2, 0.25) is 0 Å². The number of hydrogen-bond donors (Lipinski definition) is 0. The minimum Gasteiger partial charge on any atom is -0.468 e. The normalized spacial score (nSPS) is 18.4. The topological polar surface area (TPSA) is 56.3 Å². The van der Waals surface area contributed by atoms with Gasteiger partial charge in [0.2, 0.25) is 0 Å². The molecule has 5 heteroatoms. The van der Waals surface area contributed by atoms with Gasteiger partial charge in [0.05, 0.1) is 12.8 Å². The van der Waals surface area contributed by atoms with Gasteiger partial charge >= 0.3 is 5.97 Å². The second-order valence-corrected chi connectivity index (χ2v) is 4.55. The van der Waals surface area contributed by atoms with Crippen molar-refractivity contribution in [3.8, 4) is 0 Å². The third-order valence-corrected chi connectivity index (χ3v) is 3.60. The number of esters is 1. The van der Waals surface area contributed by atoms with Gasteiger partial charge in [0.25, 0.3) is 0 Å². The molecule has 1 aliphatic rings. The molecule has 1 unspecified atom stereocenters. The highest BCUT2D eigenvalue weighted by molar-refractivity contribution is 9.10. The summed E-state index contributed by atoms with van der Waals surface area (Å²) in [6, 6.07) is 0. The number of nitrogens with zero attached hydrogens (tertiary/aromatic N) is 1. The van der Waals surface area contributed by atoms with E-state index < -0.39 is 11.9 Å². The van der Waals surface area contributed by atoms with Crippen LogP contribution in [0.3, 0.4) is 0 Å². The number of carbonyl (C=O) groups is 2. The lowest BCUT2D eigenvalue weighted by molar-refractivity contribution is -0.143. The van der Waals surface area contributed by atoms with E-state index in [4.69, 9.17) is 0 Å². The Bertz CT molecular complexity index is 484. The summed E-state index contributed by atoms with van der Waals surface area (Å²) in [7, 11) is 1.29. The molecular weight excluding hydrogens is 274 g/mol. The maximum absolute atomic E-state index is 12.0. The molecule has 1 aliphatic carbocycles. The van der Waals surface area contributed by atoms with E-state index in [9.17, 15) is 9.59 Å². The maximum Gasteiger partial charge on any atom is 0.316 e. The van der Waals surface area contributed by atoms with Crippen LogP contribution in [0, 0.1) is 12.8 Å². The Balaban J connectivity index is 2.47. The molecule has 84 valence electrons. The van der Waals surface area contributed by atoms with Crippen molar-refractivity contribution in [2.24, 2.45) is 5.92 Å². The van der Waals surface area contributed by atoms with Gasteiger partial charge in [-0.25, -0.2) is 0 Å². The van der Waals surface area contributed by atoms with Gasteiger partial charge in [-0.05, 0) is 28.4 Å². The highest BCUT2D eigenvalue weighted by Crippen LogP contribution is 2.31. The summed E-state index contributed by atoms with van der Waals surface area (Å²) in [5, 5.41) is 0. The average Bonchev–Trinajstić information content (AvgIpc) is 2.61. The number of ether oxygens (including phenoxy) is 1. The molecule has 1 heterocycles. The number of pyridine rings is 1. The monoisotopic (exact) mass is 283 g/mol. The molecule has 0 aromatic carbocycles. The highest BCUT2D eigenvalue weighted by Gasteiger charge is 2.38. The Labute approximate surface area is 101 Å². The molecule has 0 aliphatic heterocycles. The Hall–Kier alpha value is -1.23. The zero-order chi connectivity index (χ0) is 11.9. The minimum absolute atomic E-state index is 0.187. The van der Waals surface area contributed by atoms with Crippen molar-refractivity contribution in [3.05, 3.63) is 27.5 Å². The Morgan fingerprint density at radius 3 is 2.94 bits per heavy atom. The molecule has 2 rings (SSSR count). The zero-order valence-corrected chi connectivity index (χ0v) is 10.5. The van der Waals surface area contributed by atoms with Gasteiger partial charge in [-0.15, -0.1) is 0 Å². The molecule has 1 aromatic heterocycles. The van der Waals surface area contributed by atoms with Gasteiger partial charge in [-0.1, -0.05) is 0 Å². The Morgan fingerprint density at radius 2 is 2.31 bits per heavy atom. The largest absolute Gasteiger partial charge is 0.468 e. The van der Waals surface area contributed by atoms with Crippen LogP contribution in [0.4, 0.5) is 0 Å². The minimum atomic E-state index is -0.722. The average molecular weight is 284 g/mol. The van der Waals surface area contributed by atoms with Crippen LogP contribution < -0.4 is 0 Å². The summed E-state index contributed by atoms with van der Waals surface area (Å²) in [6.45, 7) is 1.84. The maximum atomic E-state index is 12.0. The quantitative estimate of drug-likeness (QED) is 0.581. The molecule has 0 amide bonds. The smallest absolute Gasteiger partial charge is 0.316 e. The van der Waals surface area contributed by atoms with Crippen molar-refractivity contribution in [1.29, 1.82) is 0 Å². The number of aromatic nitrogens is 1. The number of hydrogen-bond acceptors (Lipinski definition) is 4. The predicted molar refractivity (Wildman–Crippen MR) is 60.2 cm³/mol. The fraction of sp³-hybridized carbons (Fsp3) is 0.364. The molecule has 0 fully saturated rings. The Kier molecular flexibility index (Phi) is 2.80. The second-order valence-electron chi connectivity index (χ2n) is 3.70. The molecule has 0 spiro atoms. The van der Waals surface area contributed by atoms with Gasteiger partial charge in [0, 0.05) is 22.7 Å². The molecule has 0 saturated carbocycles. The van der Waals surface area contributed by atoms with Crippen LogP contribution in [0.5, 0.6) is 0 Å². The Morgan fingerprint density at radius 1 is 1.62 bits per heavy atom. The second kappa shape index (κ2) is 3.97. The molecule has 0 bridgehead atoms. The molecule has 1 aromatic rings. The van der Waals surface area contributed by atoms with Crippen molar-refractivity contribution in [2.75, 3.05) is 7.11 Å². The van der Waals surface area contributed by atoms with Crippen molar-refractivity contribution >= 4 is 27.7 Å². The molecule has 1 atom stereocenters. The number of halogens is 1. The third kappa shape index (κ3) is 1.55. The van der Waals surface area contributed by atoms with Crippen molar-refractivity contribution < 1.29 is 14.3 Å². The summed E-state index contributed by atoms with van der Waals surface area (Å²) >= 11 is 3.32. The molecule has 0 saturated heterocycles. The summed E-state index contributed by atoms with van der Waals surface area (Å²) < 4.78 is 5.39. The third-order valence-electron chi connectivity index (χ3n) is 2.80. The van der Waals surface area contributed by atoms with E-state index in [0.717, 1.165) is 10.0 Å². The fourth-order valence-electron chi connectivity index (χ4n) is 1.91. The van der Waals surface area contributed by atoms with Crippen molar-refractivity contribution in [3.63, 3.8) is 0 Å². The van der Waals surface area contributed by atoms with E-state index in [0.29, 0.717) is 17.7 Å². The lowest BCUT2D eigenvalue weighted by atomic mass is 10.0. The lowest BCUT2D eigenvalue weighted by Crippen LogP contribution is -2.22. The summed E-state index contributed by atoms with van der Waals surface area (Å²) in [5.74, 6) is -1.40. The highest BCUT2D eigenvalue weighted by atomic mass is 79.9. The molecule has 0 N–H and O–H groups in total. The van der Waals surface area contributed by atoms with Gasteiger partial charge in [0.1, 0.15) is 5.92 Å². The number of Topliss-reactive ketones (excluding diaryl/α,β-unsaturated/α-hetero) is 1. The van der Waals surface area contributed by atoms with Crippen LogP contribution in [0.25, 0.3) is 0 Å². The van der Waals surface area contributed by atoms with Gasteiger partial charge in [-0.3, -0.25) is 14.6 Å². The van der Waals surface area contributed by atoms with E-state index in [1.807, 2.05) is 6.92 Å². The zero-order valence-electron chi connectivity index (χ0n) is 8.91. The predicted octanol–water partition coefficient (Wildman–Crippen LogP) is 1.68. The van der Waals surface area contributed by atoms with Crippen LogP contribution in [0.1, 0.15) is 21.6 Å². The number of fused-ring (bicyclic) bond motifs is 1. The lowest BCUT2D eigenvalue weighted by Gasteiger charge is -2.04. The van der Waals surface area contributed by atoms with E-state index in [1.54, 1.807) is 6.20 Å². The number of rotatable bonds is 1. The SMILES string of the molecule is COC(=O)C1Cc2ncc(Br)c(C)c2C1=O. The van der Waals surface area contributed by atoms with Crippen LogP contribution in [-0.4, -0.2) is 23.8 Å². The molecule has 0 radical (unpaired) electrons. The van der Waals surface area contributed by atoms with E-state index >= 15 is 0 Å². The fourth-order valence-corrected chi connectivity index (χ4v) is 2.21. The van der Waals surface area contributed by atoms with Gasteiger partial charge < -0.3 is 4.74 Å². The molecular formula is C11H10BrNO3. The van der Waals surface area contributed by atoms with Crippen molar-refractivity contribution in [2.45, 2.75) is 13.3 Å². The van der Waals surface area contributed by atoms with E-state index in [2.05, 4.69) is 25.7 Å². The van der Waals surface area contributed by atoms with Gasteiger partial charge in [0.15, 0.2) is 5.78 Å². The van der Waals surface area contributed by atoms with Gasteiger partial charge in [-0.2, -0.15) is 0 Å². The van der Waals surface area contributed by atoms with Crippen LogP contribution >= 0.6 is 15.9 Å². The first-order valence-corrected chi connectivity index (χ1v) is 5.61. The van der Waals surface area contributed by atoms with E-state index in [1.165, 1.54) is 7.11 Å². The van der Waals surface area contributed by atoms with Crippen LogP contribution in [-0.2, 0) is 16.0 Å². The van der Waals surface area contributed by atoms with Crippen LogP contribution in [0.15, 0.2) is 10.7 Å². The number of ketones is 1. The first-order chi connectivity index (χ1) is 7.56. The first kappa shape index (κ1) is 11.3. The first-order valence-electron chi connectivity index (χ1n) is 4.82. The molecule has 16 heavy (non-hydrogen) atoms. The summed E-state index contributed by atoms with van der Waals surface area (Å²) in [6.07, 6.45) is 2.00.